The average Bonchev–Trinajstić information content (AvgIpc) is 2.53. The minimum atomic E-state index is -1.27. The highest BCUT2D eigenvalue weighted by molar-refractivity contribution is 5.91. The van der Waals surface area contributed by atoms with E-state index >= 15 is 0 Å². The van der Waals surface area contributed by atoms with E-state index in [4.69, 9.17) is 20.2 Å². The number of nitriles is 1. The predicted octanol–water partition coefficient (Wildman–Crippen LogP) is 1.40. The van der Waals surface area contributed by atoms with Crippen molar-refractivity contribution in [2.45, 2.75) is 0 Å². The third-order valence-electron chi connectivity index (χ3n) is 2.86. The normalized spacial score (nSPS) is 10.0. The monoisotopic (exact) mass is 300 g/mol. The lowest BCUT2D eigenvalue weighted by atomic mass is 10.1. The summed E-state index contributed by atoms with van der Waals surface area (Å²) >= 11 is 0. The summed E-state index contributed by atoms with van der Waals surface area (Å²) in [7, 11) is 0. The Labute approximate surface area is 125 Å². The number of rotatable bonds is 5. The van der Waals surface area contributed by atoms with Gasteiger partial charge in [0, 0.05) is 5.56 Å². The van der Waals surface area contributed by atoms with Crippen LogP contribution < -0.4 is 4.74 Å². The topological polar surface area (TPSA) is 124 Å². The Morgan fingerprint density at radius 3 is 2.77 bits per heavy atom. The van der Waals surface area contributed by atoms with Gasteiger partial charge < -0.3 is 20.1 Å². The lowest BCUT2D eigenvalue weighted by Crippen LogP contribution is -2.03. The molecule has 0 saturated carbocycles. The van der Waals surface area contributed by atoms with Crippen LogP contribution >= 0.6 is 0 Å². The molecule has 0 radical (unpaired) electrons. The van der Waals surface area contributed by atoms with E-state index in [9.17, 15) is 9.90 Å². The zero-order valence-corrected chi connectivity index (χ0v) is 11.4. The number of aliphatic hydroxyl groups excluding tert-OH is 1. The van der Waals surface area contributed by atoms with Crippen LogP contribution in [0, 0.1) is 11.3 Å². The Morgan fingerprint density at radius 2 is 2.14 bits per heavy atom. The summed E-state index contributed by atoms with van der Waals surface area (Å²) in [6.07, 6.45) is 1.04. The van der Waals surface area contributed by atoms with Crippen molar-refractivity contribution in [1.82, 2.24) is 4.98 Å². The molecule has 1 aromatic carbocycles. The van der Waals surface area contributed by atoms with Crippen molar-refractivity contribution in [2.75, 3.05) is 13.2 Å². The van der Waals surface area contributed by atoms with Gasteiger partial charge in [-0.3, -0.25) is 4.98 Å². The average molecular weight is 300 g/mol. The SMILES string of the molecule is N#Cc1cc(-c2cc(C(=O)O)c(O)cn2)ccc1OCCO. The molecular formula is C15H12N2O5. The van der Waals surface area contributed by atoms with E-state index in [1.54, 1.807) is 12.1 Å². The first-order chi connectivity index (χ1) is 10.6. The number of aromatic carboxylic acids is 1. The van der Waals surface area contributed by atoms with Crippen LogP contribution in [0.3, 0.4) is 0 Å². The number of aliphatic hydroxyl groups is 1. The van der Waals surface area contributed by atoms with E-state index in [-0.39, 0.29) is 24.3 Å². The molecule has 1 heterocycles. The molecule has 1 aromatic heterocycles. The maximum atomic E-state index is 11.0. The molecule has 0 spiro atoms. The minimum absolute atomic E-state index is 0.0641. The van der Waals surface area contributed by atoms with Crippen molar-refractivity contribution in [2.24, 2.45) is 0 Å². The third-order valence-corrected chi connectivity index (χ3v) is 2.86. The van der Waals surface area contributed by atoms with Gasteiger partial charge in [0.15, 0.2) is 0 Å². The Bertz CT molecular complexity index is 752. The highest BCUT2D eigenvalue weighted by Crippen LogP contribution is 2.27. The quantitative estimate of drug-likeness (QED) is 0.762. The number of carboxylic acid groups (broad SMARTS) is 1. The van der Waals surface area contributed by atoms with Gasteiger partial charge in [0.1, 0.15) is 29.7 Å². The Kier molecular flexibility index (Phi) is 4.56. The number of carbonyl (C=O) groups is 1. The van der Waals surface area contributed by atoms with Crippen LogP contribution in [0.15, 0.2) is 30.5 Å². The number of carboxylic acids is 1. The first kappa shape index (κ1) is 15.3. The molecule has 0 saturated heterocycles. The van der Waals surface area contributed by atoms with Crippen molar-refractivity contribution in [3.8, 4) is 28.8 Å². The fourth-order valence-corrected chi connectivity index (χ4v) is 1.84. The van der Waals surface area contributed by atoms with Crippen LogP contribution in [0.5, 0.6) is 11.5 Å². The minimum Gasteiger partial charge on any atom is -0.505 e. The molecule has 7 nitrogen and oxygen atoms in total. The van der Waals surface area contributed by atoms with E-state index in [0.29, 0.717) is 17.0 Å². The third kappa shape index (κ3) is 3.13. The first-order valence-electron chi connectivity index (χ1n) is 6.27. The molecule has 0 amide bonds. The summed E-state index contributed by atoms with van der Waals surface area (Å²) in [6, 6.07) is 7.84. The molecule has 0 bridgehead atoms. The predicted molar refractivity (Wildman–Crippen MR) is 75.6 cm³/mol. The number of aromatic nitrogens is 1. The van der Waals surface area contributed by atoms with Crippen LogP contribution in [0.4, 0.5) is 0 Å². The maximum Gasteiger partial charge on any atom is 0.339 e. The molecule has 22 heavy (non-hydrogen) atoms. The second kappa shape index (κ2) is 6.56. The summed E-state index contributed by atoms with van der Waals surface area (Å²) in [5.74, 6) is -1.39. The van der Waals surface area contributed by atoms with E-state index in [1.165, 1.54) is 12.1 Å². The van der Waals surface area contributed by atoms with E-state index < -0.39 is 11.7 Å². The highest BCUT2D eigenvalue weighted by atomic mass is 16.5. The molecule has 2 aromatic rings. The molecule has 0 unspecified atom stereocenters. The Balaban J connectivity index is 2.43. The lowest BCUT2D eigenvalue weighted by molar-refractivity contribution is 0.0693. The summed E-state index contributed by atoms with van der Waals surface area (Å²) in [4.78, 5) is 15.0. The number of hydrogen-bond acceptors (Lipinski definition) is 6. The van der Waals surface area contributed by atoms with Gasteiger partial charge in [-0.05, 0) is 24.3 Å². The van der Waals surface area contributed by atoms with Crippen LogP contribution in [0.1, 0.15) is 15.9 Å². The van der Waals surface area contributed by atoms with Crippen LogP contribution in [0.2, 0.25) is 0 Å². The van der Waals surface area contributed by atoms with Gasteiger partial charge >= 0.3 is 5.97 Å². The molecule has 7 heteroatoms. The van der Waals surface area contributed by atoms with Crippen molar-refractivity contribution in [3.05, 3.63) is 41.6 Å². The number of aromatic hydroxyl groups is 1. The van der Waals surface area contributed by atoms with E-state index in [1.807, 2.05) is 6.07 Å². The van der Waals surface area contributed by atoms with Crippen LogP contribution in [-0.4, -0.2) is 39.5 Å². The number of pyridine rings is 1. The smallest absolute Gasteiger partial charge is 0.339 e. The van der Waals surface area contributed by atoms with Gasteiger partial charge in [-0.25, -0.2) is 4.79 Å². The summed E-state index contributed by atoms with van der Waals surface area (Å²) < 4.78 is 5.22. The van der Waals surface area contributed by atoms with Crippen molar-refractivity contribution in [3.63, 3.8) is 0 Å². The molecule has 112 valence electrons. The van der Waals surface area contributed by atoms with Crippen molar-refractivity contribution >= 4 is 5.97 Å². The van der Waals surface area contributed by atoms with Gasteiger partial charge in [-0.1, -0.05) is 0 Å². The van der Waals surface area contributed by atoms with Gasteiger partial charge in [0.2, 0.25) is 0 Å². The maximum absolute atomic E-state index is 11.0. The molecule has 0 aliphatic heterocycles. The van der Waals surface area contributed by atoms with Crippen molar-refractivity contribution < 1.29 is 24.9 Å². The fourth-order valence-electron chi connectivity index (χ4n) is 1.84. The number of ether oxygens (including phenoxy) is 1. The zero-order valence-electron chi connectivity index (χ0n) is 11.4. The summed E-state index contributed by atoms with van der Waals surface area (Å²) in [5.41, 5.74) is 0.776. The van der Waals surface area contributed by atoms with E-state index in [2.05, 4.69) is 4.98 Å². The van der Waals surface area contributed by atoms with E-state index in [0.717, 1.165) is 6.20 Å². The molecule has 3 N–H and O–H groups in total. The van der Waals surface area contributed by atoms with Crippen LogP contribution in [-0.2, 0) is 0 Å². The zero-order chi connectivity index (χ0) is 16.1. The molecular weight excluding hydrogens is 288 g/mol. The molecule has 0 aliphatic carbocycles. The standard InChI is InChI=1S/C15H12N2O5/c16-7-10-5-9(1-2-14(10)22-4-3-18)12-6-11(15(20)21)13(19)8-17-12/h1-2,5-6,8,18-19H,3-4H2,(H,20,21). The number of benzene rings is 1. The van der Waals surface area contributed by atoms with Gasteiger partial charge in [0.25, 0.3) is 0 Å². The summed E-state index contributed by atoms with van der Waals surface area (Å²) in [5, 5.41) is 36.3. The second-order valence-corrected chi connectivity index (χ2v) is 4.29. The summed E-state index contributed by atoms with van der Waals surface area (Å²) in [6.45, 7) is -0.108. The molecule has 0 atom stereocenters. The Morgan fingerprint density at radius 1 is 1.36 bits per heavy atom. The van der Waals surface area contributed by atoms with Gasteiger partial charge in [0.05, 0.1) is 24.1 Å². The van der Waals surface area contributed by atoms with Crippen LogP contribution in [0.25, 0.3) is 11.3 Å². The molecule has 0 aliphatic rings. The Hall–Kier alpha value is -3.11. The lowest BCUT2D eigenvalue weighted by Gasteiger charge is -2.09. The van der Waals surface area contributed by atoms with Gasteiger partial charge in [-0.15, -0.1) is 0 Å². The fraction of sp³-hybridized carbons (Fsp3) is 0.133. The van der Waals surface area contributed by atoms with Gasteiger partial charge in [-0.2, -0.15) is 5.26 Å². The highest BCUT2D eigenvalue weighted by Gasteiger charge is 2.13. The molecule has 2 rings (SSSR count). The molecule has 0 fully saturated rings. The number of nitrogens with zero attached hydrogens (tertiary/aromatic N) is 2. The largest absolute Gasteiger partial charge is 0.505 e. The second-order valence-electron chi connectivity index (χ2n) is 4.29. The number of hydrogen-bond donors (Lipinski definition) is 3. The first-order valence-corrected chi connectivity index (χ1v) is 6.27. The van der Waals surface area contributed by atoms with Crippen molar-refractivity contribution in [1.29, 1.82) is 5.26 Å².